The fourth-order valence-corrected chi connectivity index (χ4v) is 4.42. The van der Waals surface area contributed by atoms with Gasteiger partial charge in [0.1, 0.15) is 0 Å². The summed E-state index contributed by atoms with van der Waals surface area (Å²) in [6.45, 7) is 0. The van der Waals surface area contributed by atoms with Crippen LogP contribution in [0.5, 0.6) is 0 Å². The number of rotatable bonds is 4. The molecule has 2 heteroatoms. The number of nitrogens with one attached hydrogen (secondary N) is 1. The first-order valence-corrected chi connectivity index (χ1v) is 8.51. The lowest BCUT2D eigenvalue weighted by Crippen LogP contribution is -2.17. The minimum Gasteiger partial charge on any atom is -0.312 e. The van der Waals surface area contributed by atoms with Crippen LogP contribution in [0, 0.1) is 0 Å². The van der Waals surface area contributed by atoms with Crippen LogP contribution in [-0.2, 0) is 19.3 Å². The molecule has 0 bridgehead atoms. The molecular formula is C18H23NS. The molecule has 0 aliphatic heterocycles. The molecule has 1 N–H and O–H groups in total. The Bertz CT molecular complexity index is 520. The number of fused-ring (bicyclic) bond motifs is 1. The Labute approximate surface area is 126 Å². The van der Waals surface area contributed by atoms with Crippen molar-refractivity contribution in [2.45, 2.75) is 44.6 Å². The summed E-state index contributed by atoms with van der Waals surface area (Å²) in [5, 5.41) is 3.50. The minimum atomic E-state index is 0.453. The Morgan fingerprint density at radius 1 is 1.10 bits per heavy atom. The van der Waals surface area contributed by atoms with E-state index in [-0.39, 0.29) is 0 Å². The van der Waals surface area contributed by atoms with Crippen LogP contribution in [0.25, 0.3) is 0 Å². The molecule has 20 heavy (non-hydrogen) atoms. The largest absolute Gasteiger partial charge is 0.312 e. The Kier molecular flexibility index (Phi) is 4.54. The fraction of sp³-hybridized carbons (Fsp3) is 0.444. The maximum absolute atomic E-state index is 3.50. The number of thiophene rings is 1. The third-order valence-electron chi connectivity index (χ3n) is 4.24. The highest BCUT2D eigenvalue weighted by Crippen LogP contribution is 2.33. The maximum Gasteiger partial charge on any atom is 0.0453 e. The Morgan fingerprint density at radius 2 is 1.90 bits per heavy atom. The summed E-state index contributed by atoms with van der Waals surface area (Å²) in [7, 11) is 2.08. The lowest BCUT2D eigenvalue weighted by molar-refractivity contribution is 0.601. The van der Waals surface area contributed by atoms with Gasteiger partial charge in [0.15, 0.2) is 0 Å². The number of benzene rings is 1. The van der Waals surface area contributed by atoms with Crippen LogP contribution < -0.4 is 5.32 Å². The molecule has 0 spiro atoms. The molecule has 1 aromatic carbocycles. The van der Waals surface area contributed by atoms with Gasteiger partial charge in [-0.2, -0.15) is 0 Å². The summed E-state index contributed by atoms with van der Waals surface area (Å²) in [6.07, 6.45) is 7.80. The molecule has 1 aromatic heterocycles. The summed E-state index contributed by atoms with van der Waals surface area (Å²) in [6, 6.07) is 13.7. The van der Waals surface area contributed by atoms with Gasteiger partial charge in [-0.1, -0.05) is 36.8 Å². The van der Waals surface area contributed by atoms with E-state index in [1.54, 1.807) is 10.4 Å². The van der Waals surface area contributed by atoms with Gasteiger partial charge in [0.25, 0.3) is 0 Å². The zero-order valence-electron chi connectivity index (χ0n) is 12.2. The Morgan fingerprint density at radius 3 is 2.70 bits per heavy atom. The Balaban J connectivity index is 1.79. The van der Waals surface area contributed by atoms with E-state index >= 15 is 0 Å². The molecule has 1 atom stereocenters. The molecule has 0 radical (unpaired) electrons. The molecule has 2 aromatic rings. The van der Waals surface area contributed by atoms with Gasteiger partial charge >= 0.3 is 0 Å². The molecule has 0 fully saturated rings. The van der Waals surface area contributed by atoms with E-state index in [0.717, 1.165) is 6.42 Å². The van der Waals surface area contributed by atoms with Crippen molar-refractivity contribution in [1.29, 1.82) is 0 Å². The zero-order chi connectivity index (χ0) is 13.8. The first kappa shape index (κ1) is 13.8. The monoisotopic (exact) mass is 285 g/mol. The quantitative estimate of drug-likeness (QED) is 0.814. The van der Waals surface area contributed by atoms with Crippen molar-refractivity contribution in [3.05, 3.63) is 57.3 Å². The van der Waals surface area contributed by atoms with Gasteiger partial charge in [-0.3, -0.25) is 0 Å². The van der Waals surface area contributed by atoms with E-state index in [1.807, 2.05) is 11.3 Å². The second-order valence-electron chi connectivity index (χ2n) is 5.69. The van der Waals surface area contributed by atoms with E-state index in [2.05, 4.69) is 48.8 Å². The van der Waals surface area contributed by atoms with E-state index in [1.165, 1.54) is 42.5 Å². The molecule has 1 unspecified atom stereocenters. The van der Waals surface area contributed by atoms with Gasteiger partial charge in [0.05, 0.1) is 0 Å². The standard InChI is InChI=1S/C18H23NS/c1-19-16(12-14-8-4-2-5-9-14)18-13-15-10-6-3-7-11-17(15)20-18/h2,4-5,8-9,13,16,19H,3,6-7,10-12H2,1H3. The first-order valence-electron chi connectivity index (χ1n) is 7.69. The fourth-order valence-electron chi connectivity index (χ4n) is 3.06. The van der Waals surface area contributed by atoms with Gasteiger partial charge in [0, 0.05) is 15.8 Å². The van der Waals surface area contributed by atoms with Crippen molar-refractivity contribution in [2.24, 2.45) is 0 Å². The van der Waals surface area contributed by atoms with Crippen molar-refractivity contribution < 1.29 is 0 Å². The smallest absolute Gasteiger partial charge is 0.0453 e. The summed E-state index contributed by atoms with van der Waals surface area (Å²) in [5.41, 5.74) is 3.03. The molecule has 0 saturated heterocycles. The number of hydrogen-bond donors (Lipinski definition) is 1. The average Bonchev–Trinajstić information content (AvgIpc) is 2.76. The zero-order valence-corrected chi connectivity index (χ0v) is 13.0. The van der Waals surface area contributed by atoms with Gasteiger partial charge in [-0.15, -0.1) is 11.3 Å². The van der Waals surface area contributed by atoms with E-state index in [0.29, 0.717) is 6.04 Å². The predicted molar refractivity (Wildman–Crippen MR) is 87.5 cm³/mol. The second kappa shape index (κ2) is 6.55. The van der Waals surface area contributed by atoms with Crippen LogP contribution in [0.15, 0.2) is 36.4 Å². The molecule has 1 heterocycles. The van der Waals surface area contributed by atoms with E-state index < -0.39 is 0 Å². The van der Waals surface area contributed by atoms with Crippen LogP contribution in [0.2, 0.25) is 0 Å². The summed E-state index contributed by atoms with van der Waals surface area (Å²) >= 11 is 2.04. The molecule has 1 aliphatic carbocycles. The van der Waals surface area contributed by atoms with Gasteiger partial charge in [-0.05, 0) is 56.3 Å². The second-order valence-corrected chi connectivity index (χ2v) is 6.86. The highest BCUT2D eigenvalue weighted by atomic mass is 32.1. The molecule has 3 rings (SSSR count). The molecular weight excluding hydrogens is 262 g/mol. The minimum absolute atomic E-state index is 0.453. The van der Waals surface area contributed by atoms with Crippen LogP contribution in [-0.4, -0.2) is 7.05 Å². The topological polar surface area (TPSA) is 12.0 Å². The van der Waals surface area contributed by atoms with Crippen LogP contribution in [0.4, 0.5) is 0 Å². The molecule has 0 amide bonds. The molecule has 1 nitrogen and oxygen atoms in total. The van der Waals surface area contributed by atoms with Crippen molar-refractivity contribution >= 4 is 11.3 Å². The lowest BCUT2D eigenvalue weighted by Gasteiger charge is -2.14. The van der Waals surface area contributed by atoms with Gasteiger partial charge in [-0.25, -0.2) is 0 Å². The number of aryl methyl sites for hydroxylation is 2. The third kappa shape index (κ3) is 3.13. The summed E-state index contributed by atoms with van der Waals surface area (Å²) in [4.78, 5) is 3.16. The van der Waals surface area contributed by atoms with Crippen LogP contribution >= 0.6 is 11.3 Å². The van der Waals surface area contributed by atoms with E-state index in [4.69, 9.17) is 0 Å². The molecule has 0 saturated carbocycles. The van der Waals surface area contributed by atoms with Crippen molar-refractivity contribution in [2.75, 3.05) is 7.05 Å². The first-order chi connectivity index (χ1) is 9.86. The van der Waals surface area contributed by atoms with Crippen LogP contribution in [0.1, 0.15) is 46.2 Å². The average molecular weight is 285 g/mol. The maximum atomic E-state index is 3.50. The van der Waals surface area contributed by atoms with E-state index in [9.17, 15) is 0 Å². The predicted octanol–water partition coefficient (Wildman–Crippen LogP) is 4.52. The normalized spacial score (nSPS) is 16.4. The third-order valence-corrected chi connectivity index (χ3v) is 5.59. The number of hydrogen-bond acceptors (Lipinski definition) is 2. The summed E-state index contributed by atoms with van der Waals surface area (Å²) in [5.74, 6) is 0. The number of likely N-dealkylation sites (N-methyl/N-ethyl adjacent to an activating group) is 1. The highest BCUT2D eigenvalue weighted by molar-refractivity contribution is 7.12. The SMILES string of the molecule is CNC(Cc1ccccc1)c1cc2c(s1)CCCCC2. The molecule has 106 valence electrons. The van der Waals surface area contributed by atoms with Gasteiger partial charge < -0.3 is 5.32 Å². The Hall–Kier alpha value is -1.12. The highest BCUT2D eigenvalue weighted by Gasteiger charge is 2.17. The van der Waals surface area contributed by atoms with Crippen molar-refractivity contribution in [3.63, 3.8) is 0 Å². The van der Waals surface area contributed by atoms with Crippen LogP contribution in [0.3, 0.4) is 0 Å². The molecule has 1 aliphatic rings. The van der Waals surface area contributed by atoms with Crippen molar-refractivity contribution in [1.82, 2.24) is 5.32 Å². The lowest BCUT2D eigenvalue weighted by atomic mass is 10.0. The van der Waals surface area contributed by atoms with Crippen molar-refractivity contribution in [3.8, 4) is 0 Å². The van der Waals surface area contributed by atoms with Gasteiger partial charge in [0.2, 0.25) is 0 Å². The summed E-state index contributed by atoms with van der Waals surface area (Å²) < 4.78 is 0.